The van der Waals surface area contributed by atoms with Crippen molar-refractivity contribution < 1.29 is 18.4 Å². The fourth-order valence-electron chi connectivity index (χ4n) is 6.94. The molecule has 0 amide bonds. The number of aromatic nitrogens is 4. The summed E-state index contributed by atoms with van der Waals surface area (Å²) < 4.78 is 28.0. The molecule has 3 aromatic heterocycles. The lowest BCUT2D eigenvalue weighted by Crippen LogP contribution is -2.14. The number of pyridine rings is 1. The number of carbonyl (C=O) groups is 1. The third-order valence-electron chi connectivity index (χ3n) is 9.48. The largest absolute Gasteiger partial charge is 0.327 e. The molecule has 0 bridgehead atoms. The number of fused-ring (bicyclic) bond motifs is 2. The van der Waals surface area contributed by atoms with Crippen molar-refractivity contribution in [1.29, 1.82) is 0 Å². The van der Waals surface area contributed by atoms with Gasteiger partial charge >= 0.3 is 7.60 Å². The third-order valence-corrected chi connectivity index (χ3v) is 10.7. The Morgan fingerprint density at radius 3 is 2.52 bits per heavy atom. The smallest absolute Gasteiger partial charge is 0.309 e. The summed E-state index contributed by atoms with van der Waals surface area (Å²) in [6.07, 6.45) is 10.5. The van der Waals surface area contributed by atoms with Gasteiger partial charge in [0.2, 0.25) is 5.91 Å². The molecule has 1 aliphatic carbocycles. The van der Waals surface area contributed by atoms with Gasteiger partial charge in [-0.05, 0) is 84.9 Å². The summed E-state index contributed by atoms with van der Waals surface area (Å²) in [4.78, 5) is 18.8. The van der Waals surface area contributed by atoms with E-state index >= 15 is 0 Å². The van der Waals surface area contributed by atoms with E-state index in [2.05, 4.69) is 56.0 Å². The number of aryl methyl sites for hydroxylation is 1. The third kappa shape index (κ3) is 6.62. The van der Waals surface area contributed by atoms with Gasteiger partial charge in [0.1, 0.15) is 6.33 Å². The molecule has 46 heavy (non-hydrogen) atoms. The van der Waals surface area contributed by atoms with Crippen molar-refractivity contribution in [1.82, 2.24) is 19.2 Å². The van der Waals surface area contributed by atoms with E-state index in [0.29, 0.717) is 12.3 Å². The lowest BCUT2D eigenvalue weighted by molar-refractivity contribution is 0.0897. The van der Waals surface area contributed by atoms with Crippen molar-refractivity contribution in [3.63, 3.8) is 0 Å². The van der Waals surface area contributed by atoms with Gasteiger partial charge in [0.05, 0.1) is 24.4 Å². The highest BCUT2D eigenvalue weighted by atomic mass is 31.2. The van der Waals surface area contributed by atoms with Gasteiger partial charge in [-0.25, -0.2) is 9.50 Å². The summed E-state index contributed by atoms with van der Waals surface area (Å²) in [7, 11) is -3.28. The summed E-state index contributed by atoms with van der Waals surface area (Å²) in [6, 6.07) is 16.3. The van der Waals surface area contributed by atoms with Gasteiger partial charge in [-0.15, -0.1) is 0 Å². The normalized spacial score (nSPS) is 15.6. The fourth-order valence-corrected chi connectivity index (χ4v) is 7.86. The average molecular weight is 641 g/mol. The molecule has 0 radical (unpaired) electrons. The highest BCUT2D eigenvalue weighted by Crippen LogP contribution is 2.45. The second-order valence-electron chi connectivity index (χ2n) is 13.0. The highest BCUT2D eigenvalue weighted by molar-refractivity contribution is 7.52. The lowest BCUT2D eigenvalue weighted by atomic mass is 9.83. The van der Waals surface area contributed by atoms with E-state index in [1.807, 2.05) is 45.6 Å². The molecule has 5 aromatic rings. The molecule has 0 aliphatic heterocycles. The molecule has 1 aliphatic rings. The molecular weight excluding hydrogens is 595 g/mol. The van der Waals surface area contributed by atoms with E-state index in [0.717, 1.165) is 44.5 Å². The Bertz CT molecular complexity index is 1900. The molecular formula is C37H45N4O4P. The van der Waals surface area contributed by atoms with E-state index in [9.17, 15) is 9.36 Å². The minimum atomic E-state index is -3.28. The molecule has 0 saturated heterocycles. The Morgan fingerprint density at radius 1 is 1.02 bits per heavy atom. The maximum Gasteiger partial charge on any atom is 0.327 e. The molecule has 242 valence electrons. The summed E-state index contributed by atoms with van der Waals surface area (Å²) in [5.41, 5.74) is 9.23. The average Bonchev–Trinajstić information content (AvgIpc) is 3.67. The van der Waals surface area contributed by atoms with Gasteiger partial charge < -0.3 is 9.05 Å². The van der Waals surface area contributed by atoms with Crippen LogP contribution in [-0.2, 0) is 20.2 Å². The number of nitrogens with zero attached hydrogens (tertiary/aromatic N) is 4. The van der Waals surface area contributed by atoms with Crippen LogP contribution in [0.15, 0.2) is 61.1 Å². The number of hydrogen-bond donors (Lipinski definition) is 0. The van der Waals surface area contributed by atoms with Crippen LogP contribution < -0.4 is 0 Å². The number of carbonyl (C=O) groups excluding carboxylic acids is 1. The number of rotatable bonds is 11. The van der Waals surface area contributed by atoms with E-state index in [1.54, 1.807) is 6.33 Å². The summed E-state index contributed by atoms with van der Waals surface area (Å²) >= 11 is 0. The maximum atomic E-state index is 14.3. The molecule has 1 unspecified atom stereocenters. The number of benzene rings is 2. The minimum Gasteiger partial charge on any atom is -0.309 e. The Hall–Kier alpha value is -3.58. The molecule has 0 spiro atoms. The summed E-state index contributed by atoms with van der Waals surface area (Å²) in [6.45, 7) is 10.4. The zero-order chi connectivity index (χ0) is 32.4. The van der Waals surface area contributed by atoms with Crippen molar-refractivity contribution in [3.05, 3.63) is 88.9 Å². The first-order valence-electron chi connectivity index (χ1n) is 16.6. The topological polar surface area (TPSA) is 87.7 Å². The van der Waals surface area contributed by atoms with Gasteiger partial charge in [-0.2, -0.15) is 5.10 Å². The zero-order valence-corrected chi connectivity index (χ0v) is 28.6. The molecule has 1 fully saturated rings. The molecule has 9 heteroatoms. The standard InChI is InChI=1S/C37H45N4O4P/c1-25(2)35-31-21-30(29-15-10-7-11-16-29)18-19-33(31)41(36(35)32-22-40-37(38-24-39-40)27(4)26(32)3)34(42)17-12-20-44-46(5,43)45-23-28-13-8-6-9-14-28/h6,8-9,13-14,18-19,21-22,24-25,29H,7,10-12,15-17,20,23H2,1-5H3. The van der Waals surface area contributed by atoms with Gasteiger partial charge in [-0.3, -0.25) is 13.9 Å². The highest BCUT2D eigenvalue weighted by Gasteiger charge is 2.28. The van der Waals surface area contributed by atoms with Crippen LogP contribution in [0.1, 0.15) is 103 Å². The molecule has 2 aromatic carbocycles. The first-order chi connectivity index (χ1) is 22.1. The van der Waals surface area contributed by atoms with E-state index < -0.39 is 7.60 Å². The number of hydrogen-bond acceptors (Lipinski definition) is 6. The summed E-state index contributed by atoms with van der Waals surface area (Å²) in [5, 5.41) is 5.60. The van der Waals surface area contributed by atoms with Crippen LogP contribution in [0.3, 0.4) is 0 Å². The van der Waals surface area contributed by atoms with Crippen LogP contribution in [0.2, 0.25) is 0 Å². The first kappa shape index (κ1) is 32.4. The molecule has 0 N–H and O–H groups in total. The fraction of sp³-hybridized carbons (Fsp3) is 0.432. The Kier molecular flexibility index (Phi) is 9.60. The van der Waals surface area contributed by atoms with Crippen molar-refractivity contribution >= 4 is 30.1 Å². The second kappa shape index (κ2) is 13.6. The molecule has 8 nitrogen and oxygen atoms in total. The summed E-state index contributed by atoms with van der Waals surface area (Å²) in [5.74, 6) is 0.713. The van der Waals surface area contributed by atoms with Crippen LogP contribution in [0, 0.1) is 13.8 Å². The van der Waals surface area contributed by atoms with E-state index in [4.69, 9.17) is 9.05 Å². The zero-order valence-electron chi connectivity index (χ0n) is 27.7. The Morgan fingerprint density at radius 2 is 1.78 bits per heavy atom. The van der Waals surface area contributed by atoms with Crippen molar-refractivity contribution in [2.75, 3.05) is 13.3 Å². The van der Waals surface area contributed by atoms with Crippen LogP contribution in [-0.4, -0.2) is 38.3 Å². The van der Waals surface area contributed by atoms with Gasteiger partial charge in [0, 0.05) is 30.2 Å². The van der Waals surface area contributed by atoms with Gasteiger partial charge in [0.15, 0.2) is 5.65 Å². The predicted molar refractivity (Wildman–Crippen MR) is 184 cm³/mol. The van der Waals surface area contributed by atoms with Crippen LogP contribution >= 0.6 is 7.60 Å². The van der Waals surface area contributed by atoms with E-state index in [-0.39, 0.29) is 31.5 Å². The molecule has 1 atom stereocenters. The Balaban J connectivity index is 1.34. The van der Waals surface area contributed by atoms with Gasteiger partial charge in [-0.1, -0.05) is 69.5 Å². The van der Waals surface area contributed by atoms with Crippen LogP contribution in [0.25, 0.3) is 27.8 Å². The van der Waals surface area contributed by atoms with Crippen molar-refractivity contribution in [2.24, 2.45) is 0 Å². The monoisotopic (exact) mass is 640 g/mol. The quantitative estimate of drug-likeness (QED) is 0.106. The van der Waals surface area contributed by atoms with E-state index in [1.165, 1.54) is 49.9 Å². The van der Waals surface area contributed by atoms with Gasteiger partial charge in [0.25, 0.3) is 0 Å². The van der Waals surface area contributed by atoms with Crippen LogP contribution in [0.5, 0.6) is 0 Å². The maximum absolute atomic E-state index is 14.3. The molecule has 6 rings (SSSR count). The SMILES string of the molecule is Cc1c(-c2c(C(C)C)c3cc(C4CCCCC4)ccc3n2C(=O)CCCOP(C)(=O)OCc2ccccc2)cn2ncnc2c1C. The Labute approximate surface area is 271 Å². The van der Waals surface area contributed by atoms with Crippen molar-refractivity contribution in [2.45, 2.75) is 91.1 Å². The molecule has 1 saturated carbocycles. The van der Waals surface area contributed by atoms with Crippen LogP contribution in [0.4, 0.5) is 0 Å². The molecule has 3 heterocycles. The lowest BCUT2D eigenvalue weighted by Gasteiger charge is -2.22. The second-order valence-corrected chi connectivity index (χ2v) is 15.1. The first-order valence-corrected chi connectivity index (χ1v) is 18.6. The van der Waals surface area contributed by atoms with Crippen molar-refractivity contribution in [3.8, 4) is 11.3 Å². The minimum absolute atomic E-state index is 0.0206. The predicted octanol–water partition coefficient (Wildman–Crippen LogP) is 9.62.